The summed E-state index contributed by atoms with van der Waals surface area (Å²) in [5.41, 5.74) is 7.08. The highest BCUT2D eigenvalue weighted by atomic mass is 35.5. The van der Waals surface area contributed by atoms with Gasteiger partial charge in [0.1, 0.15) is 10.7 Å². The second-order valence-corrected chi connectivity index (χ2v) is 8.84. The number of nitrogens with one attached hydrogen (secondary N) is 1. The first-order chi connectivity index (χ1) is 14.0. The van der Waals surface area contributed by atoms with Crippen molar-refractivity contribution in [3.8, 4) is 0 Å². The number of halogens is 2. The topological polar surface area (TPSA) is 77.2 Å². The lowest BCUT2D eigenvalue weighted by Gasteiger charge is -2.06. The minimum absolute atomic E-state index is 0.140. The average molecular weight is 468 g/mol. The second-order valence-electron chi connectivity index (χ2n) is 5.86. The lowest BCUT2D eigenvalue weighted by atomic mass is 10.1. The van der Waals surface area contributed by atoms with Gasteiger partial charge in [-0.3, -0.25) is 4.79 Å². The fraction of sp³-hybridized carbons (Fsp3) is 0.200. The van der Waals surface area contributed by atoms with Gasteiger partial charge in [0.05, 0.1) is 22.2 Å². The Morgan fingerprint density at radius 2 is 1.97 bits per heavy atom. The molecule has 0 spiro atoms. The van der Waals surface area contributed by atoms with Gasteiger partial charge >= 0.3 is 0 Å². The van der Waals surface area contributed by atoms with Crippen molar-refractivity contribution in [3.63, 3.8) is 0 Å². The second kappa shape index (κ2) is 10.3. The van der Waals surface area contributed by atoms with Gasteiger partial charge in [0.25, 0.3) is 0 Å². The number of rotatable bonds is 9. The molecule has 0 radical (unpaired) electrons. The number of nitrogens with zero attached hydrogens (tertiary/aromatic N) is 1. The molecule has 0 amide bonds. The minimum Gasteiger partial charge on any atom is -0.382 e. The molecule has 0 aliphatic rings. The van der Waals surface area contributed by atoms with Gasteiger partial charge in [-0.15, -0.1) is 11.8 Å². The SMILES string of the molecule is CCOCCSc1cccc(Nc2nc(N)c(C(=O)c3c(Cl)cccc3Cl)s2)c1. The number of benzene rings is 2. The van der Waals surface area contributed by atoms with Crippen LogP contribution in [0.2, 0.25) is 10.0 Å². The van der Waals surface area contributed by atoms with Crippen LogP contribution in [-0.2, 0) is 4.74 Å². The Balaban J connectivity index is 1.75. The maximum Gasteiger partial charge on any atom is 0.209 e. The normalized spacial score (nSPS) is 10.9. The van der Waals surface area contributed by atoms with E-state index in [2.05, 4.69) is 10.3 Å². The summed E-state index contributed by atoms with van der Waals surface area (Å²) in [6.45, 7) is 3.40. The summed E-state index contributed by atoms with van der Waals surface area (Å²) < 4.78 is 5.36. The third kappa shape index (κ3) is 5.65. The number of thioether (sulfide) groups is 1. The van der Waals surface area contributed by atoms with E-state index in [0.29, 0.717) is 23.2 Å². The standard InChI is InChI=1S/C20H19Cl2N3O2S2/c1-2-27-9-10-28-13-6-3-5-12(11-13)24-20-25-19(23)18(29-20)17(26)16-14(21)7-4-8-15(16)22/h3-8,11H,2,9-10,23H2,1H3,(H,24,25). The molecule has 0 aliphatic carbocycles. The zero-order valence-corrected chi connectivity index (χ0v) is 18.7. The number of ether oxygens (including phenoxy) is 1. The fourth-order valence-electron chi connectivity index (χ4n) is 2.53. The Hall–Kier alpha value is -1.77. The molecule has 3 rings (SSSR count). The van der Waals surface area contributed by atoms with E-state index in [-0.39, 0.29) is 27.2 Å². The first-order valence-electron chi connectivity index (χ1n) is 8.82. The van der Waals surface area contributed by atoms with E-state index in [0.717, 1.165) is 27.7 Å². The van der Waals surface area contributed by atoms with E-state index in [1.165, 1.54) is 0 Å². The third-order valence-corrected chi connectivity index (χ3v) is 6.41. The molecule has 0 unspecified atom stereocenters. The van der Waals surface area contributed by atoms with Crippen molar-refractivity contribution in [1.29, 1.82) is 0 Å². The number of carbonyl (C=O) groups is 1. The van der Waals surface area contributed by atoms with Gasteiger partial charge in [0, 0.05) is 22.9 Å². The van der Waals surface area contributed by atoms with Crippen molar-refractivity contribution < 1.29 is 9.53 Å². The molecule has 1 heterocycles. The van der Waals surface area contributed by atoms with E-state index in [4.69, 9.17) is 33.7 Å². The van der Waals surface area contributed by atoms with Gasteiger partial charge < -0.3 is 15.8 Å². The molecule has 1 aromatic heterocycles. The molecule has 2 aromatic carbocycles. The van der Waals surface area contributed by atoms with Crippen molar-refractivity contribution in [2.75, 3.05) is 30.0 Å². The van der Waals surface area contributed by atoms with Crippen LogP contribution in [0.4, 0.5) is 16.6 Å². The molecule has 0 saturated heterocycles. The molecule has 0 atom stereocenters. The molecule has 0 saturated carbocycles. The predicted octanol–water partition coefficient (Wildman–Crippen LogP) is 6.14. The van der Waals surface area contributed by atoms with Crippen molar-refractivity contribution in [3.05, 3.63) is 63.0 Å². The van der Waals surface area contributed by atoms with E-state index >= 15 is 0 Å². The number of hydrogen-bond donors (Lipinski definition) is 2. The summed E-state index contributed by atoms with van der Waals surface area (Å²) in [4.78, 5) is 18.6. The highest BCUT2D eigenvalue weighted by Crippen LogP contribution is 2.34. The van der Waals surface area contributed by atoms with Crippen molar-refractivity contribution in [2.24, 2.45) is 0 Å². The molecule has 5 nitrogen and oxygen atoms in total. The number of nitrogen functional groups attached to an aromatic ring is 1. The number of carbonyl (C=O) groups excluding carboxylic acids is 1. The summed E-state index contributed by atoms with van der Waals surface area (Å²) in [5, 5.41) is 4.28. The molecular formula is C20H19Cl2N3O2S2. The van der Waals surface area contributed by atoms with Crippen LogP contribution in [0.3, 0.4) is 0 Å². The van der Waals surface area contributed by atoms with Crippen molar-refractivity contribution in [2.45, 2.75) is 11.8 Å². The van der Waals surface area contributed by atoms with Crippen LogP contribution in [0.25, 0.3) is 0 Å². The number of aromatic nitrogens is 1. The van der Waals surface area contributed by atoms with E-state index in [1.807, 2.05) is 31.2 Å². The van der Waals surface area contributed by atoms with Gasteiger partial charge in [-0.05, 0) is 37.3 Å². The highest BCUT2D eigenvalue weighted by molar-refractivity contribution is 7.99. The Kier molecular flexibility index (Phi) is 7.80. The largest absolute Gasteiger partial charge is 0.382 e. The van der Waals surface area contributed by atoms with E-state index in [1.54, 1.807) is 30.0 Å². The lowest BCUT2D eigenvalue weighted by molar-refractivity contribution is 0.104. The van der Waals surface area contributed by atoms with Crippen LogP contribution in [0.15, 0.2) is 47.4 Å². The van der Waals surface area contributed by atoms with Crippen molar-refractivity contribution in [1.82, 2.24) is 4.98 Å². The van der Waals surface area contributed by atoms with Crippen LogP contribution in [0.1, 0.15) is 22.2 Å². The van der Waals surface area contributed by atoms with Crippen LogP contribution < -0.4 is 11.1 Å². The van der Waals surface area contributed by atoms with Crippen molar-refractivity contribution >= 4 is 68.7 Å². The number of nitrogens with two attached hydrogens (primary N) is 1. The maximum absolute atomic E-state index is 12.9. The van der Waals surface area contributed by atoms with Gasteiger partial charge in [0.15, 0.2) is 5.13 Å². The summed E-state index contributed by atoms with van der Waals surface area (Å²) in [5.74, 6) is 0.670. The Morgan fingerprint density at radius 3 is 2.69 bits per heavy atom. The molecule has 0 aliphatic heterocycles. The van der Waals surface area contributed by atoms with Gasteiger partial charge in [-0.25, -0.2) is 4.98 Å². The van der Waals surface area contributed by atoms with E-state index < -0.39 is 0 Å². The number of hydrogen-bond acceptors (Lipinski definition) is 7. The third-order valence-electron chi connectivity index (χ3n) is 3.84. The smallest absolute Gasteiger partial charge is 0.209 e. The summed E-state index contributed by atoms with van der Waals surface area (Å²) in [6.07, 6.45) is 0. The van der Waals surface area contributed by atoms with Crippen LogP contribution in [-0.4, -0.2) is 29.7 Å². The van der Waals surface area contributed by atoms with E-state index in [9.17, 15) is 4.79 Å². The van der Waals surface area contributed by atoms with Gasteiger partial charge in [-0.2, -0.15) is 0 Å². The Bertz CT molecular complexity index is 991. The first-order valence-corrected chi connectivity index (χ1v) is 11.4. The lowest BCUT2D eigenvalue weighted by Crippen LogP contribution is -2.04. The predicted molar refractivity (Wildman–Crippen MR) is 123 cm³/mol. The highest BCUT2D eigenvalue weighted by Gasteiger charge is 2.22. The monoisotopic (exact) mass is 467 g/mol. The molecule has 0 bridgehead atoms. The van der Waals surface area contributed by atoms with Crippen LogP contribution in [0.5, 0.6) is 0 Å². The molecule has 3 N–H and O–H groups in total. The quantitative estimate of drug-likeness (QED) is 0.223. The summed E-state index contributed by atoms with van der Waals surface area (Å²) in [7, 11) is 0. The zero-order chi connectivity index (χ0) is 20.8. The van der Waals surface area contributed by atoms with Gasteiger partial charge in [0.2, 0.25) is 5.78 Å². The zero-order valence-electron chi connectivity index (χ0n) is 15.6. The number of thiazole rings is 1. The minimum atomic E-state index is -0.344. The Morgan fingerprint density at radius 1 is 1.24 bits per heavy atom. The van der Waals surface area contributed by atoms with Crippen LogP contribution >= 0.6 is 46.3 Å². The number of ketones is 1. The summed E-state index contributed by atoms with van der Waals surface area (Å²) in [6, 6.07) is 12.9. The average Bonchev–Trinajstić information content (AvgIpc) is 3.05. The number of anilines is 3. The Labute approximate surface area is 187 Å². The summed E-state index contributed by atoms with van der Waals surface area (Å²) >= 11 is 15.2. The molecular weight excluding hydrogens is 449 g/mol. The molecule has 152 valence electrons. The molecule has 3 aromatic rings. The molecule has 9 heteroatoms. The van der Waals surface area contributed by atoms with Crippen LogP contribution in [0, 0.1) is 0 Å². The first kappa shape index (κ1) is 21.9. The molecule has 29 heavy (non-hydrogen) atoms. The van der Waals surface area contributed by atoms with Gasteiger partial charge in [-0.1, -0.05) is 46.7 Å². The maximum atomic E-state index is 12.9. The fourth-order valence-corrected chi connectivity index (χ4v) is 4.77. The molecule has 0 fully saturated rings.